The number of halogens is 1. The number of thiophene rings is 1. The summed E-state index contributed by atoms with van der Waals surface area (Å²) in [5, 5.41) is 2.70. The Morgan fingerprint density at radius 3 is 2.39 bits per heavy atom. The molecule has 0 saturated carbocycles. The molecule has 0 bridgehead atoms. The van der Waals surface area contributed by atoms with Crippen LogP contribution in [0.5, 0.6) is 0 Å². The van der Waals surface area contributed by atoms with Gasteiger partial charge in [0.15, 0.2) is 0 Å². The largest absolute Gasteiger partial charge is 0.281 e. The summed E-state index contributed by atoms with van der Waals surface area (Å²) in [4.78, 5) is 0. The third kappa shape index (κ3) is 2.52. The maximum atomic E-state index is 2.44. The van der Waals surface area contributed by atoms with E-state index in [1.807, 2.05) is 11.3 Å². The Kier molecular flexibility index (Phi) is 3.99. The third-order valence-electron chi connectivity index (χ3n) is 4.18. The number of hydrogen-bond donors (Lipinski definition) is 0. The van der Waals surface area contributed by atoms with Gasteiger partial charge in [0.2, 0.25) is 0 Å². The highest BCUT2D eigenvalue weighted by molar-refractivity contribution is 14.1. The van der Waals surface area contributed by atoms with Gasteiger partial charge in [-0.1, -0.05) is 55.5 Å². The molecule has 0 fully saturated rings. The van der Waals surface area contributed by atoms with Gasteiger partial charge in [0, 0.05) is 15.5 Å². The lowest BCUT2D eigenvalue weighted by atomic mass is 10.1. The fraction of sp³-hybridized carbons (Fsp3) is 0.100. The zero-order valence-electron chi connectivity index (χ0n) is 12.8. The van der Waals surface area contributed by atoms with Gasteiger partial charge in [-0.3, -0.25) is 3.11 Å². The van der Waals surface area contributed by atoms with Crippen LogP contribution in [-0.2, 0) is 6.42 Å². The molecule has 3 aromatic carbocycles. The molecule has 0 amide bonds. The van der Waals surface area contributed by atoms with Crippen LogP contribution in [0.3, 0.4) is 0 Å². The topological polar surface area (TPSA) is 3.24 Å². The molecule has 4 rings (SSSR count). The summed E-state index contributed by atoms with van der Waals surface area (Å²) in [5.74, 6) is 0. The van der Waals surface area contributed by atoms with Crippen LogP contribution in [0.25, 0.3) is 20.2 Å². The summed E-state index contributed by atoms with van der Waals surface area (Å²) in [6.45, 7) is 2.21. The third-order valence-corrected chi connectivity index (χ3v) is 6.43. The zero-order valence-corrected chi connectivity index (χ0v) is 15.8. The Balaban J connectivity index is 1.95. The second kappa shape index (κ2) is 6.13. The van der Waals surface area contributed by atoms with Crippen molar-refractivity contribution in [3.63, 3.8) is 0 Å². The molecule has 0 unspecified atom stereocenters. The van der Waals surface area contributed by atoms with Crippen LogP contribution in [0.2, 0.25) is 0 Å². The lowest BCUT2D eigenvalue weighted by Crippen LogP contribution is -2.03. The molecule has 0 saturated heterocycles. The minimum absolute atomic E-state index is 1.04. The number of para-hydroxylation sites is 1. The molecule has 0 aliphatic heterocycles. The van der Waals surface area contributed by atoms with Crippen molar-refractivity contribution >= 4 is 65.7 Å². The smallest absolute Gasteiger partial charge is 0.0689 e. The lowest BCUT2D eigenvalue weighted by molar-refractivity contribution is 1.14. The molecule has 4 aromatic rings. The number of rotatable bonds is 3. The number of benzene rings is 3. The minimum atomic E-state index is 1.04. The van der Waals surface area contributed by atoms with Gasteiger partial charge in [-0.2, -0.15) is 0 Å². The zero-order chi connectivity index (χ0) is 15.8. The maximum absolute atomic E-state index is 2.44. The highest BCUT2D eigenvalue weighted by Gasteiger charge is 2.15. The van der Waals surface area contributed by atoms with E-state index in [0.717, 1.165) is 6.42 Å². The van der Waals surface area contributed by atoms with Crippen LogP contribution >= 0.6 is 34.2 Å². The van der Waals surface area contributed by atoms with Gasteiger partial charge in [0.1, 0.15) is 0 Å². The van der Waals surface area contributed by atoms with Gasteiger partial charge >= 0.3 is 0 Å². The first-order valence-electron chi connectivity index (χ1n) is 7.73. The van der Waals surface area contributed by atoms with Gasteiger partial charge < -0.3 is 0 Å². The van der Waals surface area contributed by atoms with Crippen molar-refractivity contribution in [3.8, 4) is 0 Å². The molecule has 1 heterocycles. The maximum Gasteiger partial charge on any atom is 0.0689 e. The molecule has 1 aromatic heterocycles. The molecule has 1 nitrogen and oxygen atoms in total. The van der Waals surface area contributed by atoms with E-state index < -0.39 is 0 Å². The average molecular weight is 429 g/mol. The Bertz CT molecular complexity index is 989. The van der Waals surface area contributed by atoms with E-state index in [4.69, 9.17) is 0 Å². The summed E-state index contributed by atoms with van der Waals surface area (Å²) in [6, 6.07) is 23.9. The quantitative estimate of drug-likeness (QED) is 0.248. The van der Waals surface area contributed by atoms with Gasteiger partial charge in [0.25, 0.3) is 0 Å². The first kappa shape index (κ1) is 15.0. The molecule has 0 N–H and O–H groups in total. The second-order valence-corrected chi connectivity index (χ2v) is 7.53. The lowest BCUT2D eigenvalue weighted by Gasteiger charge is -2.20. The Morgan fingerprint density at radius 1 is 0.826 bits per heavy atom. The molecular weight excluding hydrogens is 413 g/mol. The Hall–Kier alpha value is -1.59. The second-order valence-electron chi connectivity index (χ2n) is 5.52. The first-order valence-corrected chi connectivity index (χ1v) is 9.52. The van der Waals surface area contributed by atoms with Crippen molar-refractivity contribution < 1.29 is 0 Å². The number of fused-ring (bicyclic) bond motifs is 3. The van der Waals surface area contributed by atoms with Crippen LogP contribution in [0.4, 0.5) is 11.4 Å². The molecule has 0 aliphatic rings. The molecule has 114 valence electrons. The molecule has 23 heavy (non-hydrogen) atoms. The summed E-state index contributed by atoms with van der Waals surface area (Å²) in [6.07, 6.45) is 1.04. The summed E-state index contributed by atoms with van der Waals surface area (Å²) >= 11 is 4.31. The molecule has 0 aliphatic carbocycles. The van der Waals surface area contributed by atoms with E-state index in [-0.39, 0.29) is 0 Å². The van der Waals surface area contributed by atoms with Gasteiger partial charge in [-0.25, -0.2) is 0 Å². The Morgan fingerprint density at radius 2 is 1.52 bits per heavy atom. The van der Waals surface area contributed by atoms with E-state index >= 15 is 0 Å². The van der Waals surface area contributed by atoms with Crippen LogP contribution in [-0.4, -0.2) is 0 Å². The Labute approximate surface area is 154 Å². The predicted octanol–water partition coefficient (Wildman–Crippen LogP) is 7.11. The summed E-state index contributed by atoms with van der Waals surface area (Å²) in [5.41, 5.74) is 3.92. The van der Waals surface area contributed by atoms with Crippen molar-refractivity contribution in [2.45, 2.75) is 13.3 Å². The number of hydrogen-bond acceptors (Lipinski definition) is 2. The van der Waals surface area contributed by atoms with Crippen LogP contribution in [0, 0.1) is 0 Å². The van der Waals surface area contributed by atoms with Crippen molar-refractivity contribution in [2.75, 3.05) is 3.11 Å². The number of nitrogens with zero attached hydrogens (tertiary/aromatic N) is 1. The van der Waals surface area contributed by atoms with Crippen LogP contribution < -0.4 is 3.11 Å². The van der Waals surface area contributed by atoms with Gasteiger partial charge in [-0.15, -0.1) is 11.3 Å². The van der Waals surface area contributed by atoms with Crippen molar-refractivity contribution in [1.29, 1.82) is 0 Å². The standard InChI is InChI=1S/C20H16INS/c1-2-14-8-3-5-11-17(14)22(21)18-12-7-10-16-15-9-4-6-13-19(15)23-20(16)18/h3-13H,2H2,1H3. The molecule has 3 heteroatoms. The normalized spacial score (nSPS) is 11.2. The SMILES string of the molecule is CCc1ccccc1N(I)c1cccc2c1sc1ccccc12. The van der Waals surface area contributed by atoms with Gasteiger partial charge in [-0.05, 0) is 30.2 Å². The monoisotopic (exact) mass is 429 g/mol. The van der Waals surface area contributed by atoms with Crippen LogP contribution in [0.15, 0.2) is 66.7 Å². The van der Waals surface area contributed by atoms with E-state index in [9.17, 15) is 0 Å². The number of anilines is 2. The fourth-order valence-electron chi connectivity index (χ4n) is 3.02. The first-order chi connectivity index (χ1) is 11.3. The van der Waals surface area contributed by atoms with Gasteiger partial charge in [0.05, 0.1) is 38.9 Å². The molecule has 0 atom stereocenters. The van der Waals surface area contributed by atoms with E-state index in [1.165, 1.54) is 37.1 Å². The highest BCUT2D eigenvalue weighted by Crippen LogP contribution is 2.43. The van der Waals surface area contributed by atoms with Crippen molar-refractivity contribution in [3.05, 3.63) is 72.3 Å². The van der Waals surface area contributed by atoms with Crippen molar-refractivity contribution in [1.82, 2.24) is 0 Å². The summed E-state index contributed by atoms with van der Waals surface area (Å²) < 4.78 is 5.01. The van der Waals surface area contributed by atoms with E-state index in [2.05, 4.69) is 99.6 Å². The van der Waals surface area contributed by atoms with Crippen molar-refractivity contribution in [2.24, 2.45) is 0 Å². The average Bonchev–Trinajstić information content (AvgIpc) is 3.00. The fourth-order valence-corrected chi connectivity index (χ4v) is 5.26. The highest BCUT2D eigenvalue weighted by atomic mass is 127. The van der Waals surface area contributed by atoms with Crippen LogP contribution in [0.1, 0.15) is 12.5 Å². The molecule has 0 spiro atoms. The number of aryl methyl sites for hydroxylation is 1. The predicted molar refractivity (Wildman–Crippen MR) is 111 cm³/mol. The van der Waals surface area contributed by atoms with E-state index in [1.54, 1.807) is 0 Å². The molecule has 0 radical (unpaired) electrons. The minimum Gasteiger partial charge on any atom is -0.281 e. The molecular formula is C20H16INS. The summed E-state index contributed by atoms with van der Waals surface area (Å²) in [7, 11) is 0. The van der Waals surface area contributed by atoms with E-state index in [0.29, 0.717) is 0 Å².